The summed E-state index contributed by atoms with van der Waals surface area (Å²) in [6.45, 7) is 1.68. The Morgan fingerprint density at radius 2 is 1.86 bits per heavy atom. The number of rotatable bonds is 1. The van der Waals surface area contributed by atoms with Crippen molar-refractivity contribution < 1.29 is 22.7 Å². The van der Waals surface area contributed by atoms with Crippen LogP contribution in [0.15, 0.2) is 18.2 Å². The summed E-state index contributed by atoms with van der Waals surface area (Å²) < 4.78 is 43.1. The average molecular weight is 323 g/mol. The summed E-state index contributed by atoms with van der Waals surface area (Å²) in [5.74, 6) is 0. The number of ether oxygens (including phenoxy) is 1. The van der Waals surface area contributed by atoms with Crippen molar-refractivity contribution in [2.45, 2.75) is 6.18 Å². The Morgan fingerprint density at radius 3 is 2.38 bits per heavy atom. The number of hydrogen-bond acceptors (Lipinski definition) is 3. The minimum absolute atomic E-state index is 0.320. The highest BCUT2D eigenvalue weighted by Crippen LogP contribution is 2.37. The third kappa shape index (κ3) is 3.53. The first kappa shape index (κ1) is 15.8. The summed E-state index contributed by atoms with van der Waals surface area (Å²) in [6, 6.07) is 3.83. The van der Waals surface area contributed by atoms with E-state index in [0.717, 1.165) is 6.07 Å². The lowest BCUT2D eigenvalue weighted by Gasteiger charge is -2.35. The third-order valence-corrected chi connectivity index (χ3v) is 3.66. The zero-order valence-electron chi connectivity index (χ0n) is 11.3. The Kier molecular flexibility index (Phi) is 4.51. The van der Waals surface area contributed by atoms with Crippen LogP contribution in [0.5, 0.6) is 0 Å². The number of alkyl halides is 3. The van der Waals surface area contributed by atoms with E-state index < -0.39 is 17.8 Å². The van der Waals surface area contributed by atoms with Gasteiger partial charge < -0.3 is 14.5 Å². The van der Waals surface area contributed by atoms with Gasteiger partial charge in [-0.05, 0) is 18.2 Å². The molecule has 1 aromatic rings. The van der Waals surface area contributed by atoms with Gasteiger partial charge in [-0.1, -0.05) is 11.6 Å². The molecule has 0 bridgehead atoms. The smallest absolute Gasteiger partial charge is 0.417 e. The predicted octanol–water partition coefficient (Wildman–Crippen LogP) is 3.25. The maximum absolute atomic E-state index is 12.8. The maximum Gasteiger partial charge on any atom is 0.417 e. The van der Waals surface area contributed by atoms with Gasteiger partial charge in [0.1, 0.15) is 0 Å². The van der Waals surface area contributed by atoms with E-state index in [1.807, 2.05) is 0 Å². The van der Waals surface area contributed by atoms with E-state index in [4.69, 9.17) is 11.6 Å². The van der Waals surface area contributed by atoms with Crippen molar-refractivity contribution >= 4 is 23.4 Å². The second-order valence-corrected chi connectivity index (χ2v) is 5.01. The Bertz CT molecular complexity index is 529. The number of amides is 1. The molecule has 1 fully saturated rings. The topological polar surface area (TPSA) is 32.8 Å². The lowest BCUT2D eigenvalue weighted by atomic mass is 10.1. The molecule has 1 heterocycles. The maximum atomic E-state index is 12.8. The van der Waals surface area contributed by atoms with Crippen molar-refractivity contribution in [3.63, 3.8) is 0 Å². The standard InChI is InChI=1S/C13H14ClF3N2O2/c1-21-12(20)19-6-4-18(5-7-19)9-2-3-11(14)10(8-9)13(15,16)17/h2-3,8H,4-7H2,1H3. The molecule has 116 valence electrons. The number of carbonyl (C=O) groups is 1. The van der Waals surface area contributed by atoms with Crippen LogP contribution in [0.2, 0.25) is 5.02 Å². The van der Waals surface area contributed by atoms with Gasteiger partial charge in [0, 0.05) is 31.9 Å². The third-order valence-electron chi connectivity index (χ3n) is 3.33. The monoisotopic (exact) mass is 322 g/mol. The predicted molar refractivity (Wildman–Crippen MR) is 72.6 cm³/mol. The number of piperazine rings is 1. The highest BCUT2D eigenvalue weighted by atomic mass is 35.5. The van der Waals surface area contributed by atoms with Crippen LogP contribution < -0.4 is 4.90 Å². The summed E-state index contributed by atoms with van der Waals surface area (Å²) in [4.78, 5) is 14.7. The van der Waals surface area contributed by atoms with E-state index in [-0.39, 0.29) is 5.02 Å². The summed E-state index contributed by atoms with van der Waals surface area (Å²) in [7, 11) is 1.30. The molecule has 21 heavy (non-hydrogen) atoms. The van der Waals surface area contributed by atoms with E-state index in [1.54, 1.807) is 11.0 Å². The molecular weight excluding hydrogens is 309 g/mol. The Balaban J connectivity index is 2.12. The van der Waals surface area contributed by atoms with Gasteiger partial charge in [0.25, 0.3) is 0 Å². The van der Waals surface area contributed by atoms with Gasteiger partial charge in [-0.15, -0.1) is 0 Å². The molecule has 0 aromatic heterocycles. The van der Waals surface area contributed by atoms with Crippen LogP contribution in [-0.4, -0.2) is 44.3 Å². The van der Waals surface area contributed by atoms with Crippen LogP contribution in [0.3, 0.4) is 0 Å². The molecule has 1 aliphatic heterocycles. The largest absolute Gasteiger partial charge is 0.453 e. The molecule has 2 rings (SSSR count). The molecule has 0 saturated carbocycles. The minimum atomic E-state index is -4.49. The Labute approximate surface area is 125 Å². The normalized spacial score (nSPS) is 16.0. The molecule has 1 aliphatic rings. The average Bonchev–Trinajstić information content (AvgIpc) is 2.46. The molecule has 8 heteroatoms. The first-order valence-corrected chi connectivity index (χ1v) is 6.65. The summed E-state index contributed by atoms with van der Waals surface area (Å²) in [6.07, 6.45) is -4.91. The van der Waals surface area contributed by atoms with Crippen molar-refractivity contribution in [3.8, 4) is 0 Å². The SMILES string of the molecule is COC(=O)N1CCN(c2ccc(Cl)c(C(F)(F)F)c2)CC1. The molecule has 1 amide bonds. The van der Waals surface area contributed by atoms with Gasteiger partial charge in [-0.25, -0.2) is 4.79 Å². The lowest BCUT2D eigenvalue weighted by molar-refractivity contribution is -0.137. The molecule has 0 radical (unpaired) electrons. The lowest BCUT2D eigenvalue weighted by Crippen LogP contribution is -2.48. The van der Waals surface area contributed by atoms with Crippen LogP contribution in [0.25, 0.3) is 0 Å². The van der Waals surface area contributed by atoms with E-state index >= 15 is 0 Å². The highest BCUT2D eigenvalue weighted by molar-refractivity contribution is 6.31. The highest BCUT2D eigenvalue weighted by Gasteiger charge is 2.34. The Hall–Kier alpha value is -1.63. The fourth-order valence-corrected chi connectivity index (χ4v) is 2.43. The van der Waals surface area contributed by atoms with Crippen LogP contribution in [-0.2, 0) is 10.9 Å². The van der Waals surface area contributed by atoms with Crippen molar-refractivity contribution in [2.75, 3.05) is 38.2 Å². The first-order valence-electron chi connectivity index (χ1n) is 6.27. The van der Waals surface area contributed by atoms with Crippen molar-refractivity contribution in [1.82, 2.24) is 4.90 Å². The van der Waals surface area contributed by atoms with Gasteiger partial charge in [0.2, 0.25) is 0 Å². The van der Waals surface area contributed by atoms with E-state index in [9.17, 15) is 18.0 Å². The van der Waals surface area contributed by atoms with Gasteiger partial charge in [-0.3, -0.25) is 0 Å². The molecule has 0 unspecified atom stereocenters. The number of halogens is 4. The van der Waals surface area contributed by atoms with Crippen LogP contribution in [0.4, 0.5) is 23.7 Å². The second-order valence-electron chi connectivity index (χ2n) is 4.61. The number of carbonyl (C=O) groups excluding carboxylic acids is 1. The number of nitrogens with zero attached hydrogens (tertiary/aromatic N) is 2. The van der Waals surface area contributed by atoms with Crippen molar-refractivity contribution in [2.24, 2.45) is 0 Å². The van der Waals surface area contributed by atoms with Crippen molar-refractivity contribution in [3.05, 3.63) is 28.8 Å². The molecule has 0 spiro atoms. The fraction of sp³-hybridized carbons (Fsp3) is 0.462. The van der Waals surface area contributed by atoms with Crippen LogP contribution in [0.1, 0.15) is 5.56 Å². The number of hydrogen-bond donors (Lipinski definition) is 0. The number of benzene rings is 1. The molecule has 0 aliphatic carbocycles. The molecule has 1 saturated heterocycles. The fourth-order valence-electron chi connectivity index (χ4n) is 2.20. The molecular formula is C13H14ClF3N2O2. The van der Waals surface area contributed by atoms with Gasteiger partial charge >= 0.3 is 12.3 Å². The van der Waals surface area contributed by atoms with Gasteiger partial charge in [0.15, 0.2) is 0 Å². The van der Waals surface area contributed by atoms with Gasteiger partial charge in [-0.2, -0.15) is 13.2 Å². The molecule has 0 atom stereocenters. The number of methoxy groups -OCH3 is 1. The Morgan fingerprint density at radius 1 is 1.24 bits per heavy atom. The quantitative estimate of drug-likeness (QED) is 0.795. The van der Waals surface area contributed by atoms with Crippen LogP contribution >= 0.6 is 11.6 Å². The minimum Gasteiger partial charge on any atom is -0.453 e. The zero-order valence-corrected chi connectivity index (χ0v) is 12.0. The first-order chi connectivity index (χ1) is 9.82. The zero-order chi connectivity index (χ0) is 15.6. The van der Waals surface area contributed by atoms with Gasteiger partial charge in [0.05, 0.1) is 17.7 Å². The molecule has 1 aromatic carbocycles. The second kappa shape index (κ2) is 6.01. The summed E-state index contributed by atoms with van der Waals surface area (Å²) in [5, 5.41) is -0.320. The van der Waals surface area contributed by atoms with Crippen LogP contribution in [0, 0.1) is 0 Å². The van der Waals surface area contributed by atoms with E-state index in [2.05, 4.69) is 4.74 Å². The van der Waals surface area contributed by atoms with E-state index in [1.165, 1.54) is 18.1 Å². The number of anilines is 1. The summed E-state index contributed by atoms with van der Waals surface area (Å²) >= 11 is 5.60. The van der Waals surface area contributed by atoms with Crippen molar-refractivity contribution in [1.29, 1.82) is 0 Å². The molecule has 0 N–H and O–H groups in total. The molecule has 4 nitrogen and oxygen atoms in total. The van der Waals surface area contributed by atoms with E-state index in [0.29, 0.717) is 31.9 Å². The summed E-state index contributed by atoms with van der Waals surface area (Å²) in [5.41, 5.74) is -0.409.